The van der Waals surface area contributed by atoms with Crippen LogP contribution in [-0.2, 0) is 11.2 Å². The standard InChI is InChI=1S/C17H17NO/c1-2-13-3-8-15(9-4-13)16-10-5-14(6-11-16)7-12-17(18)19/h3-12H,2H2,1H3,(H2,18,19)/b12-7+. The van der Waals surface area contributed by atoms with E-state index in [0.29, 0.717) is 0 Å². The first-order valence-corrected chi connectivity index (χ1v) is 6.36. The van der Waals surface area contributed by atoms with Crippen LogP contribution in [0.5, 0.6) is 0 Å². The maximum Gasteiger partial charge on any atom is 0.241 e. The predicted molar refractivity (Wildman–Crippen MR) is 79.5 cm³/mol. The van der Waals surface area contributed by atoms with Crippen molar-refractivity contribution in [2.75, 3.05) is 0 Å². The first kappa shape index (κ1) is 13.1. The topological polar surface area (TPSA) is 43.1 Å². The second-order valence-corrected chi connectivity index (χ2v) is 4.41. The Kier molecular flexibility index (Phi) is 4.14. The zero-order valence-corrected chi connectivity index (χ0v) is 11.0. The van der Waals surface area contributed by atoms with Crippen molar-refractivity contribution in [2.24, 2.45) is 5.73 Å². The monoisotopic (exact) mass is 251 g/mol. The third-order valence-electron chi connectivity index (χ3n) is 3.05. The molecule has 96 valence electrons. The molecule has 2 aromatic rings. The normalized spacial score (nSPS) is 10.8. The third-order valence-corrected chi connectivity index (χ3v) is 3.05. The maximum atomic E-state index is 10.7. The summed E-state index contributed by atoms with van der Waals surface area (Å²) in [6.45, 7) is 2.15. The molecule has 0 bridgehead atoms. The second kappa shape index (κ2) is 6.01. The van der Waals surface area contributed by atoms with Crippen LogP contribution in [0, 0.1) is 0 Å². The average Bonchev–Trinajstić information content (AvgIpc) is 2.46. The molecular weight excluding hydrogens is 234 g/mol. The van der Waals surface area contributed by atoms with Crippen molar-refractivity contribution in [3.8, 4) is 11.1 Å². The molecule has 19 heavy (non-hydrogen) atoms. The average molecular weight is 251 g/mol. The van der Waals surface area contributed by atoms with Crippen LogP contribution in [0.4, 0.5) is 0 Å². The van der Waals surface area contributed by atoms with Crippen molar-refractivity contribution < 1.29 is 4.79 Å². The summed E-state index contributed by atoms with van der Waals surface area (Å²) in [5.41, 5.74) is 9.73. The van der Waals surface area contributed by atoms with E-state index in [-0.39, 0.29) is 0 Å². The van der Waals surface area contributed by atoms with Gasteiger partial charge in [0.1, 0.15) is 0 Å². The van der Waals surface area contributed by atoms with Gasteiger partial charge in [-0.1, -0.05) is 55.5 Å². The molecule has 0 aromatic heterocycles. The van der Waals surface area contributed by atoms with E-state index < -0.39 is 5.91 Å². The number of carbonyl (C=O) groups excluding carboxylic acids is 1. The number of aryl methyl sites for hydroxylation is 1. The van der Waals surface area contributed by atoms with Gasteiger partial charge in [0.2, 0.25) is 5.91 Å². The van der Waals surface area contributed by atoms with Crippen molar-refractivity contribution in [2.45, 2.75) is 13.3 Å². The second-order valence-electron chi connectivity index (χ2n) is 4.41. The minimum atomic E-state index is -0.431. The number of rotatable bonds is 4. The van der Waals surface area contributed by atoms with Gasteiger partial charge in [0.25, 0.3) is 0 Å². The van der Waals surface area contributed by atoms with Gasteiger partial charge < -0.3 is 5.73 Å². The summed E-state index contributed by atoms with van der Waals surface area (Å²) in [6.07, 6.45) is 4.13. The van der Waals surface area contributed by atoms with Crippen LogP contribution in [0.25, 0.3) is 17.2 Å². The van der Waals surface area contributed by atoms with Crippen LogP contribution >= 0.6 is 0 Å². The highest BCUT2D eigenvalue weighted by Gasteiger charge is 1.97. The van der Waals surface area contributed by atoms with Gasteiger partial charge in [-0.05, 0) is 34.8 Å². The van der Waals surface area contributed by atoms with Gasteiger partial charge in [0.05, 0.1) is 0 Å². The summed E-state index contributed by atoms with van der Waals surface area (Å²) in [5, 5.41) is 0. The Labute approximate surface area is 113 Å². The minimum Gasteiger partial charge on any atom is -0.366 e. The Balaban J connectivity index is 2.19. The highest BCUT2D eigenvalue weighted by Crippen LogP contribution is 2.20. The fourth-order valence-corrected chi connectivity index (χ4v) is 1.90. The number of hydrogen-bond donors (Lipinski definition) is 1. The number of primary amides is 1. The summed E-state index contributed by atoms with van der Waals surface area (Å²) in [7, 11) is 0. The molecule has 2 rings (SSSR count). The molecule has 0 aliphatic rings. The largest absolute Gasteiger partial charge is 0.366 e. The molecular formula is C17H17NO. The molecule has 0 fully saturated rings. The van der Waals surface area contributed by atoms with Crippen molar-refractivity contribution in [1.82, 2.24) is 0 Å². The van der Waals surface area contributed by atoms with Crippen molar-refractivity contribution in [3.05, 3.63) is 65.7 Å². The molecule has 0 aliphatic heterocycles. The smallest absolute Gasteiger partial charge is 0.241 e. The lowest BCUT2D eigenvalue weighted by Gasteiger charge is -2.03. The van der Waals surface area contributed by atoms with Crippen molar-refractivity contribution in [3.63, 3.8) is 0 Å². The van der Waals surface area contributed by atoms with E-state index in [1.807, 2.05) is 24.3 Å². The van der Waals surface area contributed by atoms with Gasteiger partial charge >= 0.3 is 0 Å². The van der Waals surface area contributed by atoms with Crippen LogP contribution < -0.4 is 5.73 Å². The van der Waals surface area contributed by atoms with Crippen LogP contribution in [0.2, 0.25) is 0 Å². The van der Waals surface area contributed by atoms with Gasteiger partial charge in [-0.25, -0.2) is 0 Å². The molecule has 0 aliphatic carbocycles. The molecule has 0 spiro atoms. The van der Waals surface area contributed by atoms with Gasteiger partial charge in [0.15, 0.2) is 0 Å². The Morgan fingerprint density at radius 1 is 1.00 bits per heavy atom. The van der Waals surface area contributed by atoms with E-state index >= 15 is 0 Å². The molecule has 1 amide bonds. The van der Waals surface area contributed by atoms with Crippen molar-refractivity contribution in [1.29, 1.82) is 0 Å². The van der Waals surface area contributed by atoms with Crippen LogP contribution in [0.15, 0.2) is 54.6 Å². The lowest BCUT2D eigenvalue weighted by atomic mass is 10.0. The minimum absolute atomic E-state index is 0.431. The molecule has 0 atom stereocenters. The molecule has 2 nitrogen and oxygen atoms in total. The van der Waals surface area contributed by atoms with E-state index in [1.165, 1.54) is 22.8 Å². The molecule has 0 radical (unpaired) electrons. The Morgan fingerprint density at radius 3 is 2.00 bits per heavy atom. The highest BCUT2D eigenvalue weighted by atomic mass is 16.1. The number of nitrogens with two attached hydrogens (primary N) is 1. The lowest BCUT2D eigenvalue weighted by Crippen LogP contribution is -2.04. The number of carbonyl (C=O) groups is 1. The van der Waals surface area contributed by atoms with Crippen molar-refractivity contribution >= 4 is 12.0 Å². The van der Waals surface area contributed by atoms with E-state index in [9.17, 15) is 4.79 Å². The highest BCUT2D eigenvalue weighted by molar-refractivity contribution is 5.90. The van der Waals surface area contributed by atoms with E-state index in [4.69, 9.17) is 5.73 Å². The van der Waals surface area contributed by atoms with E-state index in [0.717, 1.165) is 12.0 Å². The van der Waals surface area contributed by atoms with Gasteiger partial charge in [-0.3, -0.25) is 4.79 Å². The third kappa shape index (κ3) is 3.55. The number of benzene rings is 2. The van der Waals surface area contributed by atoms with E-state index in [2.05, 4.69) is 31.2 Å². The Bertz CT molecular complexity index is 580. The fourth-order valence-electron chi connectivity index (χ4n) is 1.90. The number of amides is 1. The maximum absolute atomic E-state index is 10.7. The molecule has 0 saturated heterocycles. The summed E-state index contributed by atoms with van der Waals surface area (Å²) in [6, 6.07) is 16.6. The van der Waals surface area contributed by atoms with Crippen LogP contribution in [0.1, 0.15) is 18.1 Å². The summed E-state index contributed by atoms with van der Waals surface area (Å²) >= 11 is 0. The predicted octanol–water partition coefficient (Wildman–Crippen LogP) is 3.41. The molecule has 2 N–H and O–H groups in total. The lowest BCUT2D eigenvalue weighted by molar-refractivity contribution is -0.113. The van der Waals surface area contributed by atoms with Crippen LogP contribution in [-0.4, -0.2) is 5.91 Å². The summed E-state index contributed by atoms with van der Waals surface area (Å²) in [4.78, 5) is 10.7. The molecule has 0 heterocycles. The molecule has 2 aromatic carbocycles. The summed E-state index contributed by atoms with van der Waals surface area (Å²) < 4.78 is 0. The van der Waals surface area contributed by atoms with Crippen LogP contribution in [0.3, 0.4) is 0 Å². The SMILES string of the molecule is CCc1ccc(-c2ccc(/C=C/C(N)=O)cc2)cc1. The van der Waals surface area contributed by atoms with E-state index in [1.54, 1.807) is 6.08 Å². The Morgan fingerprint density at radius 2 is 1.53 bits per heavy atom. The van der Waals surface area contributed by atoms with Gasteiger partial charge in [-0.15, -0.1) is 0 Å². The molecule has 0 unspecified atom stereocenters. The first-order chi connectivity index (χ1) is 9.19. The van der Waals surface area contributed by atoms with Gasteiger partial charge in [0, 0.05) is 6.08 Å². The summed E-state index contributed by atoms with van der Waals surface area (Å²) in [5.74, 6) is -0.431. The zero-order valence-electron chi connectivity index (χ0n) is 11.0. The Hall–Kier alpha value is -2.35. The number of hydrogen-bond acceptors (Lipinski definition) is 1. The quantitative estimate of drug-likeness (QED) is 0.831. The first-order valence-electron chi connectivity index (χ1n) is 6.36. The molecule has 0 saturated carbocycles. The zero-order chi connectivity index (χ0) is 13.7. The molecule has 2 heteroatoms. The fraction of sp³-hybridized carbons (Fsp3) is 0.118. The van der Waals surface area contributed by atoms with Gasteiger partial charge in [-0.2, -0.15) is 0 Å².